The maximum atomic E-state index is 13.3. The Balaban J connectivity index is 1.63. The number of carbonyl (C=O) groups is 1. The van der Waals surface area contributed by atoms with Crippen molar-refractivity contribution in [2.24, 2.45) is 7.05 Å². The number of likely N-dealkylation sites (tertiary alicyclic amines) is 1. The van der Waals surface area contributed by atoms with E-state index in [1.807, 2.05) is 59.0 Å². The highest BCUT2D eigenvalue weighted by Crippen LogP contribution is 2.37. The molecule has 1 aliphatic heterocycles. The molecule has 1 aliphatic rings. The predicted octanol–water partition coefficient (Wildman–Crippen LogP) is 3.72. The summed E-state index contributed by atoms with van der Waals surface area (Å²) in [6, 6.07) is 13.8. The Labute approximate surface area is 169 Å². The lowest BCUT2D eigenvalue weighted by molar-refractivity contribution is -0.131. The van der Waals surface area contributed by atoms with Crippen LogP contribution in [0.5, 0.6) is 0 Å². The van der Waals surface area contributed by atoms with Gasteiger partial charge in [-0.1, -0.05) is 42.1 Å². The second kappa shape index (κ2) is 8.56. The number of piperidine rings is 1. The zero-order chi connectivity index (χ0) is 19.3. The van der Waals surface area contributed by atoms with Gasteiger partial charge in [-0.2, -0.15) is 0 Å². The highest BCUT2D eigenvalue weighted by molar-refractivity contribution is 8.00. The van der Waals surface area contributed by atoms with Crippen molar-refractivity contribution < 1.29 is 4.79 Å². The van der Waals surface area contributed by atoms with Gasteiger partial charge in [-0.25, -0.2) is 0 Å². The molecule has 2 aromatic heterocycles. The number of rotatable bonds is 5. The van der Waals surface area contributed by atoms with Crippen LogP contribution in [0.2, 0.25) is 0 Å². The third-order valence-electron chi connectivity index (χ3n) is 4.99. The minimum Gasteiger partial charge on any atom is -0.341 e. The zero-order valence-corrected chi connectivity index (χ0v) is 16.7. The molecule has 1 unspecified atom stereocenters. The van der Waals surface area contributed by atoms with E-state index in [4.69, 9.17) is 0 Å². The molecule has 4 rings (SSSR count). The predicted molar refractivity (Wildman–Crippen MR) is 110 cm³/mol. The van der Waals surface area contributed by atoms with Gasteiger partial charge in [-0.05, 0) is 37.0 Å². The quantitative estimate of drug-likeness (QED) is 0.618. The van der Waals surface area contributed by atoms with Crippen molar-refractivity contribution in [1.82, 2.24) is 24.6 Å². The number of benzene rings is 1. The summed E-state index contributed by atoms with van der Waals surface area (Å²) in [4.78, 5) is 19.4. The molecule has 144 valence electrons. The fraction of sp³-hybridized carbons (Fsp3) is 0.333. The van der Waals surface area contributed by atoms with Crippen molar-refractivity contribution in [2.75, 3.05) is 13.1 Å². The lowest BCUT2D eigenvalue weighted by Crippen LogP contribution is -2.38. The number of amides is 1. The molecule has 0 radical (unpaired) electrons. The minimum atomic E-state index is -0.326. The first-order chi connectivity index (χ1) is 13.7. The summed E-state index contributed by atoms with van der Waals surface area (Å²) >= 11 is 1.47. The summed E-state index contributed by atoms with van der Waals surface area (Å²) in [6.07, 6.45) is 6.83. The molecule has 0 spiro atoms. The highest BCUT2D eigenvalue weighted by Gasteiger charge is 2.29. The molecule has 1 aromatic carbocycles. The van der Waals surface area contributed by atoms with Crippen LogP contribution in [0.4, 0.5) is 0 Å². The minimum absolute atomic E-state index is 0.157. The monoisotopic (exact) mass is 393 g/mol. The van der Waals surface area contributed by atoms with Gasteiger partial charge in [-0.3, -0.25) is 9.78 Å². The van der Waals surface area contributed by atoms with Crippen LogP contribution in [0.15, 0.2) is 60.0 Å². The molecule has 1 fully saturated rings. The normalized spacial score (nSPS) is 15.4. The summed E-state index contributed by atoms with van der Waals surface area (Å²) in [5.41, 5.74) is 1.95. The second-order valence-electron chi connectivity index (χ2n) is 6.90. The summed E-state index contributed by atoms with van der Waals surface area (Å²) in [5, 5.41) is 9.12. The number of hydrogen-bond acceptors (Lipinski definition) is 5. The molecule has 1 saturated heterocycles. The van der Waals surface area contributed by atoms with Crippen LogP contribution < -0.4 is 0 Å². The van der Waals surface area contributed by atoms with Crippen molar-refractivity contribution in [2.45, 2.75) is 29.7 Å². The van der Waals surface area contributed by atoms with E-state index in [1.54, 1.807) is 12.4 Å². The van der Waals surface area contributed by atoms with Gasteiger partial charge in [0.05, 0.1) is 0 Å². The Bertz CT molecular complexity index is 922. The molecule has 0 bridgehead atoms. The van der Waals surface area contributed by atoms with Gasteiger partial charge in [0.1, 0.15) is 5.25 Å². The first-order valence-electron chi connectivity index (χ1n) is 9.54. The van der Waals surface area contributed by atoms with E-state index < -0.39 is 0 Å². The maximum Gasteiger partial charge on any atom is 0.240 e. The van der Waals surface area contributed by atoms with Gasteiger partial charge in [0.15, 0.2) is 11.0 Å². The first kappa shape index (κ1) is 18.7. The highest BCUT2D eigenvalue weighted by atomic mass is 32.2. The van der Waals surface area contributed by atoms with E-state index in [9.17, 15) is 4.79 Å². The number of thioether (sulfide) groups is 1. The molecule has 3 aromatic rings. The maximum absolute atomic E-state index is 13.3. The van der Waals surface area contributed by atoms with E-state index in [1.165, 1.54) is 18.2 Å². The standard InChI is InChI=1S/C21H23N5OS/c1-25-19(17-10-12-22-13-11-17)23-24-21(25)28-18(16-8-4-2-5-9-16)20(27)26-14-6-3-7-15-26/h2,4-5,8-13,18H,3,6-7,14-15H2,1H3. The summed E-state index contributed by atoms with van der Waals surface area (Å²) in [5.74, 6) is 0.923. The Kier molecular flexibility index (Phi) is 5.71. The van der Waals surface area contributed by atoms with E-state index in [-0.39, 0.29) is 11.2 Å². The van der Waals surface area contributed by atoms with Crippen molar-refractivity contribution in [3.8, 4) is 11.4 Å². The molecular formula is C21H23N5OS. The van der Waals surface area contributed by atoms with Crippen LogP contribution in [0.25, 0.3) is 11.4 Å². The molecule has 28 heavy (non-hydrogen) atoms. The average Bonchev–Trinajstić information content (AvgIpc) is 3.13. The fourth-order valence-corrected chi connectivity index (χ4v) is 4.53. The van der Waals surface area contributed by atoms with Crippen LogP contribution >= 0.6 is 11.8 Å². The van der Waals surface area contributed by atoms with Gasteiger partial charge < -0.3 is 9.47 Å². The lowest BCUT2D eigenvalue weighted by atomic mass is 10.1. The summed E-state index contributed by atoms with van der Waals surface area (Å²) < 4.78 is 1.94. The van der Waals surface area contributed by atoms with Crippen LogP contribution in [0, 0.1) is 0 Å². The third kappa shape index (κ3) is 3.94. The van der Waals surface area contributed by atoms with E-state index in [0.717, 1.165) is 48.0 Å². The van der Waals surface area contributed by atoms with Crippen molar-refractivity contribution in [3.63, 3.8) is 0 Å². The van der Waals surface area contributed by atoms with Crippen LogP contribution in [0.1, 0.15) is 30.1 Å². The molecule has 1 atom stereocenters. The Morgan fingerprint density at radius 3 is 2.43 bits per heavy atom. The first-order valence-corrected chi connectivity index (χ1v) is 10.4. The molecule has 0 saturated carbocycles. The van der Waals surface area contributed by atoms with E-state index in [0.29, 0.717) is 0 Å². The van der Waals surface area contributed by atoms with Gasteiger partial charge in [-0.15, -0.1) is 10.2 Å². The topological polar surface area (TPSA) is 63.9 Å². The van der Waals surface area contributed by atoms with Gasteiger partial charge in [0, 0.05) is 38.1 Å². The molecule has 1 amide bonds. The fourth-order valence-electron chi connectivity index (χ4n) is 3.44. The third-order valence-corrected chi connectivity index (χ3v) is 6.27. The molecular weight excluding hydrogens is 370 g/mol. The zero-order valence-electron chi connectivity index (χ0n) is 15.9. The smallest absolute Gasteiger partial charge is 0.240 e. The summed E-state index contributed by atoms with van der Waals surface area (Å²) in [6.45, 7) is 1.67. The van der Waals surface area contributed by atoms with E-state index >= 15 is 0 Å². The Hall–Kier alpha value is -2.67. The van der Waals surface area contributed by atoms with Crippen LogP contribution in [0.3, 0.4) is 0 Å². The molecule has 3 heterocycles. The molecule has 7 heteroatoms. The summed E-state index contributed by atoms with van der Waals surface area (Å²) in [7, 11) is 1.94. The van der Waals surface area contributed by atoms with Gasteiger partial charge >= 0.3 is 0 Å². The number of carbonyl (C=O) groups excluding carboxylic acids is 1. The van der Waals surface area contributed by atoms with Crippen LogP contribution in [-0.2, 0) is 11.8 Å². The molecule has 0 aliphatic carbocycles. The van der Waals surface area contributed by atoms with Gasteiger partial charge in [0.25, 0.3) is 0 Å². The Morgan fingerprint density at radius 2 is 1.71 bits per heavy atom. The van der Waals surface area contributed by atoms with Crippen LogP contribution in [-0.4, -0.2) is 43.6 Å². The van der Waals surface area contributed by atoms with Crippen molar-refractivity contribution >= 4 is 17.7 Å². The molecule has 6 nitrogen and oxygen atoms in total. The molecule has 0 N–H and O–H groups in total. The Morgan fingerprint density at radius 1 is 1.00 bits per heavy atom. The van der Waals surface area contributed by atoms with E-state index in [2.05, 4.69) is 15.2 Å². The van der Waals surface area contributed by atoms with Gasteiger partial charge in [0.2, 0.25) is 5.91 Å². The number of nitrogens with zero attached hydrogens (tertiary/aromatic N) is 5. The van der Waals surface area contributed by atoms with Crippen molar-refractivity contribution in [3.05, 3.63) is 60.4 Å². The average molecular weight is 394 g/mol. The SMILES string of the molecule is Cn1c(SC(C(=O)N2CCCCC2)c2ccccc2)nnc1-c1ccncc1. The van der Waals surface area contributed by atoms with Crippen molar-refractivity contribution in [1.29, 1.82) is 0 Å². The number of hydrogen-bond donors (Lipinski definition) is 0. The lowest BCUT2D eigenvalue weighted by Gasteiger charge is -2.30. The number of aromatic nitrogens is 4. The largest absolute Gasteiger partial charge is 0.341 e. The second-order valence-corrected chi connectivity index (χ2v) is 7.97. The number of pyridine rings is 1.